The van der Waals surface area contributed by atoms with Crippen molar-refractivity contribution in [3.05, 3.63) is 47.3 Å². The van der Waals surface area contributed by atoms with Gasteiger partial charge in [0.25, 0.3) is 0 Å². The quantitative estimate of drug-likeness (QED) is 0.560. The molecule has 156 valence electrons. The van der Waals surface area contributed by atoms with E-state index in [1.165, 1.54) is 5.56 Å². The molecule has 9 heteroatoms. The Morgan fingerprint density at radius 3 is 2.97 bits per heavy atom. The molecule has 0 spiro atoms. The summed E-state index contributed by atoms with van der Waals surface area (Å²) in [5.41, 5.74) is 8.02. The molecule has 0 aromatic heterocycles. The Bertz CT molecular complexity index is 784. The van der Waals surface area contributed by atoms with Crippen molar-refractivity contribution in [3.8, 4) is 0 Å². The van der Waals surface area contributed by atoms with Crippen molar-refractivity contribution >= 4 is 23.3 Å². The van der Waals surface area contributed by atoms with Crippen molar-refractivity contribution in [2.24, 2.45) is 5.10 Å². The van der Waals surface area contributed by atoms with Gasteiger partial charge in [0.2, 0.25) is 5.91 Å². The topological polar surface area (TPSA) is 81.2 Å². The van der Waals surface area contributed by atoms with Crippen LogP contribution in [-0.4, -0.2) is 54.1 Å². The minimum Gasteiger partial charge on any atom is -0.385 e. The van der Waals surface area contributed by atoms with Gasteiger partial charge in [-0.1, -0.05) is 23.7 Å². The van der Waals surface area contributed by atoms with Crippen LogP contribution in [0.2, 0.25) is 5.02 Å². The Morgan fingerprint density at radius 1 is 1.34 bits per heavy atom. The van der Waals surface area contributed by atoms with E-state index in [4.69, 9.17) is 16.3 Å². The Balaban J connectivity index is 1.30. The SMILES string of the molecule is COCCCNC(=O)CCC1=NNC2C3CC(c4ccc(Cl)cc4)NN3C=CN12. The molecule has 1 amide bonds. The zero-order chi connectivity index (χ0) is 20.2. The highest BCUT2D eigenvalue weighted by Crippen LogP contribution is 2.34. The van der Waals surface area contributed by atoms with Crippen LogP contribution >= 0.6 is 11.6 Å². The van der Waals surface area contributed by atoms with Gasteiger partial charge in [-0.05, 0) is 30.5 Å². The zero-order valence-corrected chi connectivity index (χ0v) is 17.2. The van der Waals surface area contributed by atoms with Gasteiger partial charge in [-0.2, -0.15) is 5.10 Å². The molecule has 4 rings (SSSR count). The lowest BCUT2D eigenvalue weighted by Gasteiger charge is -2.37. The van der Waals surface area contributed by atoms with Gasteiger partial charge in [0.15, 0.2) is 0 Å². The number of hydrazone groups is 1. The zero-order valence-electron chi connectivity index (χ0n) is 16.5. The molecule has 8 nitrogen and oxygen atoms in total. The number of hydrazine groups is 1. The van der Waals surface area contributed by atoms with E-state index in [1.807, 2.05) is 24.5 Å². The molecule has 0 radical (unpaired) electrons. The van der Waals surface area contributed by atoms with Crippen LogP contribution < -0.4 is 16.2 Å². The second-order valence-electron chi connectivity index (χ2n) is 7.45. The number of amides is 1. The molecule has 3 unspecified atom stereocenters. The molecule has 0 saturated carbocycles. The van der Waals surface area contributed by atoms with E-state index in [1.54, 1.807) is 7.11 Å². The lowest BCUT2D eigenvalue weighted by atomic mass is 9.99. The summed E-state index contributed by atoms with van der Waals surface area (Å²) in [5.74, 6) is 0.938. The van der Waals surface area contributed by atoms with Crippen molar-refractivity contribution in [3.63, 3.8) is 0 Å². The number of hydrogen-bond donors (Lipinski definition) is 3. The number of amidine groups is 1. The first-order chi connectivity index (χ1) is 14.2. The number of carbonyl (C=O) groups excluding carboxylic acids is 1. The predicted molar refractivity (Wildman–Crippen MR) is 112 cm³/mol. The highest BCUT2D eigenvalue weighted by atomic mass is 35.5. The molecule has 1 aromatic carbocycles. The minimum atomic E-state index is 0.0419. The van der Waals surface area contributed by atoms with Crippen LogP contribution in [0.25, 0.3) is 0 Å². The Morgan fingerprint density at radius 2 is 2.17 bits per heavy atom. The number of nitrogens with zero attached hydrogens (tertiary/aromatic N) is 3. The Hall–Kier alpha value is -2.29. The third kappa shape index (κ3) is 4.49. The van der Waals surface area contributed by atoms with Crippen molar-refractivity contribution in [2.45, 2.75) is 43.9 Å². The van der Waals surface area contributed by atoms with E-state index >= 15 is 0 Å². The summed E-state index contributed by atoms with van der Waals surface area (Å²) in [6.45, 7) is 1.29. The molecule has 3 atom stereocenters. The molecular formula is C20H27ClN6O2. The fourth-order valence-corrected chi connectivity index (χ4v) is 4.11. The van der Waals surface area contributed by atoms with Gasteiger partial charge in [-0.25, -0.2) is 5.43 Å². The summed E-state index contributed by atoms with van der Waals surface area (Å²) >= 11 is 6.02. The highest BCUT2D eigenvalue weighted by Gasteiger charge is 2.44. The van der Waals surface area contributed by atoms with Crippen molar-refractivity contribution in [2.75, 3.05) is 20.3 Å². The molecule has 1 aromatic rings. The molecule has 0 bridgehead atoms. The molecular weight excluding hydrogens is 392 g/mol. The van der Waals surface area contributed by atoms with Gasteiger partial charge in [-0.3, -0.25) is 10.2 Å². The number of fused-ring (bicyclic) bond motifs is 3. The van der Waals surface area contributed by atoms with Crippen LogP contribution in [0.4, 0.5) is 0 Å². The summed E-state index contributed by atoms with van der Waals surface area (Å²) in [7, 11) is 1.66. The Labute approximate surface area is 175 Å². The third-order valence-electron chi connectivity index (χ3n) is 5.51. The largest absolute Gasteiger partial charge is 0.385 e. The molecule has 1 fully saturated rings. The first-order valence-electron chi connectivity index (χ1n) is 10.00. The number of rotatable bonds is 8. The average molecular weight is 419 g/mol. The van der Waals surface area contributed by atoms with Crippen LogP contribution in [0, 0.1) is 0 Å². The van der Waals surface area contributed by atoms with Crippen LogP contribution in [-0.2, 0) is 9.53 Å². The average Bonchev–Trinajstić information content (AvgIpc) is 3.34. The third-order valence-corrected chi connectivity index (χ3v) is 5.76. The first-order valence-corrected chi connectivity index (χ1v) is 10.4. The highest BCUT2D eigenvalue weighted by molar-refractivity contribution is 6.30. The number of benzene rings is 1. The van der Waals surface area contributed by atoms with Crippen molar-refractivity contribution in [1.29, 1.82) is 0 Å². The molecule has 29 heavy (non-hydrogen) atoms. The summed E-state index contributed by atoms with van der Waals surface area (Å²) in [6, 6.07) is 8.45. The van der Waals surface area contributed by atoms with Crippen LogP contribution in [0.15, 0.2) is 41.8 Å². The maximum absolute atomic E-state index is 12.0. The molecule has 3 N–H and O–H groups in total. The Kier molecular flexibility index (Phi) is 6.22. The van der Waals surface area contributed by atoms with Gasteiger partial charge >= 0.3 is 0 Å². The van der Waals surface area contributed by atoms with Gasteiger partial charge in [0.1, 0.15) is 12.0 Å². The monoisotopic (exact) mass is 418 g/mol. The number of nitrogens with one attached hydrogen (secondary N) is 3. The lowest BCUT2D eigenvalue weighted by molar-refractivity contribution is -0.121. The number of ether oxygens (including phenoxy) is 1. The number of carbonyl (C=O) groups is 1. The summed E-state index contributed by atoms with van der Waals surface area (Å²) in [6.07, 6.45) is 6.92. The summed E-state index contributed by atoms with van der Waals surface area (Å²) in [4.78, 5) is 14.2. The van der Waals surface area contributed by atoms with E-state index in [0.717, 1.165) is 23.7 Å². The van der Waals surface area contributed by atoms with Crippen LogP contribution in [0.5, 0.6) is 0 Å². The lowest BCUT2D eigenvalue weighted by Crippen LogP contribution is -2.54. The van der Waals surface area contributed by atoms with E-state index in [9.17, 15) is 4.79 Å². The number of hydrogen-bond acceptors (Lipinski definition) is 7. The second-order valence-corrected chi connectivity index (χ2v) is 7.88. The van der Waals surface area contributed by atoms with E-state index in [0.29, 0.717) is 26.0 Å². The normalized spacial score (nSPS) is 24.8. The fraction of sp³-hybridized carbons (Fsp3) is 0.500. The summed E-state index contributed by atoms with van der Waals surface area (Å²) < 4.78 is 4.99. The number of halogens is 1. The maximum atomic E-state index is 12.0. The predicted octanol–water partition coefficient (Wildman–Crippen LogP) is 1.92. The van der Waals surface area contributed by atoms with Gasteiger partial charge in [-0.15, -0.1) is 0 Å². The standard InChI is InChI=1S/C20H27ClN6O2/c1-29-12-2-9-22-19(28)8-7-18-23-24-20-17-13-16(14-3-5-15(21)6-4-14)25-27(17)11-10-26(18)20/h3-6,10-11,16-17,20,24-25H,2,7-9,12-13H2,1H3,(H,22,28). The van der Waals surface area contributed by atoms with Gasteiger partial charge in [0, 0.05) is 50.5 Å². The maximum Gasteiger partial charge on any atom is 0.220 e. The van der Waals surface area contributed by atoms with Gasteiger partial charge < -0.3 is 20.0 Å². The van der Waals surface area contributed by atoms with Crippen LogP contribution in [0.1, 0.15) is 37.3 Å². The fourth-order valence-electron chi connectivity index (χ4n) is 3.98. The molecule has 3 aliphatic heterocycles. The van der Waals surface area contributed by atoms with Gasteiger partial charge in [0.05, 0.1) is 12.1 Å². The molecule has 1 saturated heterocycles. The summed E-state index contributed by atoms with van der Waals surface area (Å²) in [5, 5.41) is 10.3. The smallest absolute Gasteiger partial charge is 0.220 e. The second kappa shape index (κ2) is 9.02. The van der Waals surface area contributed by atoms with E-state index in [-0.39, 0.29) is 24.2 Å². The minimum absolute atomic E-state index is 0.0419. The van der Waals surface area contributed by atoms with Crippen LogP contribution in [0.3, 0.4) is 0 Å². The molecule has 0 aliphatic carbocycles. The van der Waals surface area contributed by atoms with E-state index in [2.05, 4.69) is 43.3 Å². The number of methoxy groups -OCH3 is 1. The molecule has 3 heterocycles. The first kappa shape index (κ1) is 20.0. The van der Waals surface area contributed by atoms with Crippen molar-refractivity contribution in [1.82, 2.24) is 26.1 Å². The molecule has 3 aliphatic rings. The van der Waals surface area contributed by atoms with Crippen molar-refractivity contribution < 1.29 is 9.53 Å². The van der Waals surface area contributed by atoms with E-state index < -0.39 is 0 Å².